The molecule has 2 heterocycles. The molecule has 1 fully saturated rings. The number of hydrogen-bond donors (Lipinski definition) is 0. The number of halogens is 1. The molecule has 0 amide bonds. The van der Waals surface area contributed by atoms with E-state index in [1.807, 2.05) is 0 Å². The summed E-state index contributed by atoms with van der Waals surface area (Å²) in [5.74, 6) is 2.01. The van der Waals surface area contributed by atoms with Gasteiger partial charge in [0, 0.05) is 24.1 Å². The largest absolute Gasteiger partial charge is 0.354 e. The third kappa shape index (κ3) is 3.72. The molecule has 1 aromatic rings. The zero-order chi connectivity index (χ0) is 14.8. The molecule has 0 N–H and O–H groups in total. The molecule has 1 aromatic heterocycles. The van der Waals surface area contributed by atoms with Crippen molar-refractivity contribution in [2.75, 3.05) is 11.4 Å². The Balaban J connectivity index is 2.37. The summed E-state index contributed by atoms with van der Waals surface area (Å²) in [6, 6.07) is 2.69. The van der Waals surface area contributed by atoms with E-state index in [-0.39, 0.29) is 5.41 Å². The molecule has 0 aromatic carbocycles. The van der Waals surface area contributed by atoms with Crippen molar-refractivity contribution < 1.29 is 0 Å². The lowest BCUT2D eigenvalue weighted by Crippen LogP contribution is -2.35. The van der Waals surface area contributed by atoms with Crippen LogP contribution < -0.4 is 4.90 Å². The van der Waals surface area contributed by atoms with Gasteiger partial charge in [0.1, 0.15) is 16.2 Å². The van der Waals surface area contributed by atoms with Gasteiger partial charge in [-0.25, -0.2) is 9.97 Å². The molecular weight excluding hydrogens is 314 g/mol. The van der Waals surface area contributed by atoms with Gasteiger partial charge in [0.05, 0.1) is 0 Å². The van der Waals surface area contributed by atoms with Crippen LogP contribution in [0.2, 0.25) is 0 Å². The molecule has 2 rings (SSSR count). The van der Waals surface area contributed by atoms with Crippen molar-refractivity contribution in [1.29, 1.82) is 0 Å². The van der Waals surface area contributed by atoms with Crippen LogP contribution >= 0.6 is 15.9 Å². The van der Waals surface area contributed by atoms with E-state index in [4.69, 9.17) is 4.98 Å². The van der Waals surface area contributed by atoms with Gasteiger partial charge in [-0.2, -0.15) is 0 Å². The SMILES string of the molecule is CCC1CCCCCN1c1cc(Br)nc(C(C)(C)C)n1. The van der Waals surface area contributed by atoms with E-state index in [9.17, 15) is 0 Å². The van der Waals surface area contributed by atoms with Crippen molar-refractivity contribution in [2.24, 2.45) is 0 Å². The van der Waals surface area contributed by atoms with Gasteiger partial charge in [-0.1, -0.05) is 40.5 Å². The molecule has 1 unspecified atom stereocenters. The van der Waals surface area contributed by atoms with Gasteiger partial charge in [-0.15, -0.1) is 0 Å². The van der Waals surface area contributed by atoms with Crippen LogP contribution in [0.25, 0.3) is 0 Å². The Morgan fingerprint density at radius 3 is 2.65 bits per heavy atom. The summed E-state index contributed by atoms with van der Waals surface area (Å²) < 4.78 is 0.895. The van der Waals surface area contributed by atoms with E-state index in [1.54, 1.807) is 0 Å². The van der Waals surface area contributed by atoms with E-state index >= 15 is 0 Å². The lowest BCUT2D eigenvalue weighted by Gasteiger charge is -2.31. The van der Waals surface area contributed by atoms with Gasteiger partial charge in [0.2, 0.25) is 0 Å². The van der Waals surface area contributed by atoms with Crippen LogP contribution in [0.4, 0.5) is 5.82 Å². The second-order valence-corrected chi connectivity index (χ2v) is 7.54. The molecule has 0 bridgehead atoms. The molecule has 20 heavy (non-hydrogen) atoms. The summed E-state index contributed by atoms with van der Waals surface area (Å²) in [6.07, 6.45) is 6.41. The van der Waals surface area contributed by atoms with Crippen molar-refractivity contribution in [3.05, 3.63) is 16.5 Å². The highest BCUT2D eigenvalue weighted by Crippen LogP contribution is 2.28. The second kappa shape index (κ2) is 6.42. The minimum Gasteiger partial charge on any atom is -0.354 e. The summed E-state index contributed by atoms with van der Waals surface area (Å²) in [5.41, 5.74) is -0.0217. The second-order valence-electron chi connectivity index (χ2n) is 6.73. The Labute approximate surface area is 131 Å². The first-order valence-corrected chi connectivity index (χ1v) is 8.53. The summed E-state index contributed by atoms with van der Waals surface area (Å²) in [5, 5.41) is 0. The molecule has 3 nitrogen and oxygen atoms in total. The number of aromatic nitrogens is 2. The third-order valence-electron chi connectivity index (χ3n) is 3.99. The first-order chi connectivity index (χ1) is 9.41. The van der Waals surface area contributed by atoms with E-state index < -0.39 is 0 Å². The van der Waals surface area contributed by atoms with Gasteiger partial charge < -0.3 is 4.90 Å². The summed E-state index contributed by atoms with van der Waals surface area (Å²) in [6.45, 7) is 9.89. The highest BCUT2D eigenvalue weighted by molar-refractivity contribution is 9.10. The standard InChI is InChI=1S/C16H26BrN3/c1-5-12-9-7-6-8-10-20(12)14-11-13(17)18-15(19-14)16(2,3)4/h11-12H,5-10H2,1-4H3. The molecule has 1 aliphatic heterocycles. The summed E-state index contributed by atoms with van der Waals surface area (Å²) in [4.78, 5) is 11.9. The molecule has 1 saturated heterocycles. The Bertz CT molecular complexity index is 454. The van der Waals surface area contributed by atoms with Crippen molar-refractivity contribution in [1.82, 2.24) is 9.97 Å². The van der Waals surface area contributed by atoms with Crippen LogP contribution in [0.15, 0.2) is 10.7 Å². The lowest BCUT2D eigenvalue weighted by molar-refractivity contribution is 0.527. The van der Waals surface area contributed by atoms with Crippen molar-refractivity contribution in [3.8, 4) is 0 Å². The monoisotopic (exact) mass is 339 g/mol. The third-order valence-corrected chi connectivity index (χ3v) is 4.40. The summed E-state index contributed by atoms with van der Waals surface area (Å²) in [7, 11) is 0. The summed E-state index contributed by atoms with van der Waals surface area (Å²) >= 11 is 3.56. The maximum absolute atomic E-state index is 4.85. The van der Waals surface area contributed by atoms with Gasteiger partial charge in [-0.05, 0) is 35.2 Å². The fraction of sp³-hybridized carbons (Fsp3) is 0.750. The maximum atomic E-state index is 4.85. The Hall–Kier alpha value is -0.640. The number of hydrogen-bond acceptors (Lipinski definition) is 3. The minimum absolute atomic E-state index is 0.0217. The van der Waals surface area contributed by atoms with E-state index in [2.05, 4.69) is 59.6 Å². The van der Waals surface area contributed by atoms with Gasteiger partial charge >= 0.3 is 0 Å². The zero-order valence-electron chi connectivity index (χ0n) is 13.1. The number of anilines is 1. The molecule has 0 spiro atoms. The highest BCUT2D eigenvalue weighted by atomic mass is 79.9. The van der Waals surface area contributed by atoms with Crippen LogP contribution in [0, 0.1) is 0 Å². The van der Waals surface area contributed by atoms with Crippen LogP contribution in [0.3, 0.4) is 0 Å². The Morgan fingerprint density at radius 2 is 2.00 bits per heavy atom. The molecule has 1 atom stereocenters. The molecule has 0 aliphatic carbocycles. The lowest BCUT2D eigenvalue weighted by atomic mass is 9.96. The molecule has 4 heteroatoms. The fourth-order valence-electron chi connectivity index (χ4n) is 2.79. The first kappa shape index (κ1) is 15.7. The molecule has 0 radical (unpaired) electrons. The smallest absolute Gasteiger partial charge is 0.137 e. The number of rotatable bonds is 2. The van der Waals surface area contributed by atoms with E-state index in [0.29, 0.717) is 6.04 Å². The van der Waals surface area contributed by atoms with Crippen LogP contribution in [-0.2, 0) is 5.41 Å². The average molecular weight is 340 g/mol. The quantitative estimate of drug-likeness (QED) is 0.731. The first-order valence-electron chi connectivity index (χ1n) is 7.73. The van der Waals surface area contributed by atoms with E-state index in [1.165, 1.54) is 32.1 Å². The Kier molecular flexibility index (Phi) is 5.05. The van der Waals surface area contributed by atoms with Gasteiger partial charge in [-0.3, -0.25) is 0 Å². The maximum Gasteiger partial charge on any atom is 0.137 e. The number of nitrogens with zero attached hydrogens (tertiary/aromatic N) is 3. The van der Waals surface area contributed by atoms with Crippen molar-refractivity contribution in [2.45, 2.75) is 71.3 Å². The zero-order valence-corrected chi connectivity index (χ0v) is 14.7. The predicted octanol–water partition coefficient (Wildman–Crippen LogP) is 4.70. The molecular formula is C16H26BrN3. The predicted molar refractivity (Wildman–Crippen MR) is 88.3 cm³/mol. The van der Waals surface area contributed by atoms with Crippen LogP contribution in [-0.4, -0.2) is 22.6 Å². The van der Waals surface area contributed by atoms with Crippen molar-refractivity contribution in [3.63, 3.8) is 0 Å². The minimum atomic E-state index is -0.0217. The molecule has 1 aliphatic rings. The van der Waals surface area contributed by atoms with Crippen molar-refractivity contribution >= 4 is 21.7 Å². The van der Waals surface area contributed by atoms with Crippen LogP contribution in [0.1, 0.15) is 65.6 Å². The van der Waals surface area contributed by atoms with Gasteiger partial charge in [0.15, 0.2) is 0 Å². The fourth-order valence-corrected chi connectivity index (χ4v) is 3.16. The molecule has 112 valence electrons. The average Bonchev–Trinajstić information content (AvgIpc) is 2.61. The topological polar surface area (TPSA) is 29.0 Å². The Morgan fingerprint density at radius 1 is 1.25 bits per heavy atom. The normalized spacial score (nSPS) is 20.9. The van der Waals surface area contributed by atoms with E-state index in [0.717, 1.165) is 22.8 Å². The molecule has 0 saturated carbocycles. The highest BCUT2D eigenvalue weighted by Gasteiger charge is 2.24. The van der Waals surface area contributed by atoms with Crippen LogP contribution in [0.5, 0.6) is 0 Å². The van der Waals surface area contributed by atoms with Gasteiger partial charge in [0.25, 0.3) is 0 Å².